The highest BCUT2D eigenvalue weighted by Crippen LogP contribution is 2.59. The number of rotatable bonds is 5. The van der Waals surface area contributed by atoms with E-state index in [0.717, 1.165) is 48.3 Å². The second kappa shape index (κ2) is 8.43. The topological polar surface area (TPSA) is 34.9 Å². The Morgan fingerprint density at radius 2 is 1.67 bits per heavy atom. The summed E-state index contributed by atoms with van der Waals surface area (Å²) in [5.74, 6) is 7.69. The summed E-state index contributed by atoms with van der Waals surface area (Å²) in [6, 6.07) is 0. The summed E-state index contributed by atoms with van der Waals surface area (Å²) in [5.41, 5.74) is 1.27. The van der Waals surface area contributed by atoms with Gasteiger partial charge in [0.25, 0.3) is 0 Å². The van der Waals surface area contributed by atoms with Gasteiger partial charge in [0.2, 0.25) is 0 Å². The Balaban J connectivity index is 1.23. The van der Waals surface area contributed by atoms with Crippen molar-refractivity contribution in [3.63, 3.8) is 0 Å². The van der Waals surface area contributed by atoms with Crippen molar-refractivity contribution in [1.82, 2.24) is 9.78 Å². The second-order valence-corrected chi connectivity index (χ2v) is 11.6. The molecule has 4 aliphatic carbocycles. The molecule has 3 nitrogen and oxygen atoms in total. The SMILES string of the molecule is CCC(C)c1cnn(CC(=O)C2CCC3C2CCC2C4CCC(C)CC4CCC23)c1. The van der Waals surface area contributed by atoms with E-state index in [9.17, 15) is 4.79 Å². The molecule has 1 aromatic heterocycles. The fourth-order valence-electron chi connectivity index (χ4n) is 8.38. The van der Waals surface area contributed by atoms with Gasteiger partial charge in [0.05, 0.1) is 12.7 Å². The van der Waals surface area contributed by atoms with Crippen LogP contribution in [-0.4, -0.2) is 15.6 Å². The number of hydrogen-bond acceptors (Lipinski definition) is 2. The molecule has 0 bridgehead atoms. The number of carbonyl (C=O) groups excluding carboxylic acids is 1. The van der Waals surface area contributed by atoms with Crippen LogP contribution in [0, 0.1) is 47.3 Å². The standard InChI is InChI=1S/C27H42N2O/c1-4-18(3)20-14-28-29(15-20)16-27(30)26-12-11-24-23-8-6-19-13-17(2)5-7-21(19)22(23)9-10-25(24)26/h14-15,17-19,21-26H,4-13,16H2,1-3H3. The van der Waals surface area contributed by atoms with Crippen LogP contribution in [0.25, 0.3) is 0 Å². The number of ketones is 1. The van der Waals surface area contributed by atoms with Gasteiger partial charge in [-0.2, -0.15) is 5.10 Å². The van der Waals surface area contributed by atoms with Crippen LogP contribution in [0.5, 0.6) is 0 Å². The Bertz CT molecular complexity index is 754. The Morgan fingerprint density at radius 1 is 1.00 bits per heavy atom. The first-order chi connectivity index (χ1) is 14.5. The van der Waals surface area contributed by atoms with E-state index in [1.807, 2.05) is 10.9 Å². The lowest BCUT2D eigenvalue weighted by molar-refractivity contribution is -0.126. The Labute approximate surface area is 183 Å². The fourth-order valence-corrected chi connectivity index (χ4v) is 8.38. The van der Waals surface area contributed by atoms with Gasteiger partial charge in [-0.1, -0.05) is 27.2 Å². The van der Waals surface area contributed by atoms with Crippen LogP contribution in [0.3, 0.4) is 0 Å². The van der Waals surface area contributed by atoms with Gasteiger partial charge in [0, 0.05) is 12.1 Å². The molecule has 9 unspecified atom stereocenters. The average molecular weight is 411 g/mol. The highest BCUT2D eigenvalue weighted by Gasteiger charge is 2.52. The third kappa shape index (κ3) is 3.69. The molecule has 1 heterocycles. The molecule has 0 N–H and O–H groups in total. The number of aromatic nitrogens is 2. The minimum absolute atomic E-state index is 0.302. The molecule has 0 radical (unpaired) electrons. The van der Waals surface area contributed by atoms with Gasteiger partial charge in [-0.15, -0.1) is 0 Å². The maximum Gasteiger partial charge on any atom is 0.157 e. The zero-order valence-electron chi connectivity index (χ0n) is 19.4. The van der Waals surface area contributed by atoms with E-state index in [0.29, 0.717) is 30.1 Å². The summed E-state index contributed by atoms with van der Waals surface area (Å²) in [4.78, 5) is 13.3. The van der Waals surface area contributed by atoms with Crippen LogP contribution in [0.4, 0.5) is 0 Å². The van der Waals surface area contributed by atoms with Crippen LogP contribution >= 0.6 is 0 Å². The molecule has 0 spiro atoms. The summed E-state index contributed by atoms with van der Waals surface area (Å²) < 4.78 is 1.91. The summed E-state index contributed by atoms with van der Waals surface area (Å²) in [6.07, 6.45) is 17.8. The maximum atomic E-state index is 13.3. The maximum absolute atomic E-state index is 13.3. The summed E-state index contributed by atoms with van der Waals surface area (Å²) in [6.45, 7) is 7.41. The largest absolute Gasteiger partial charge is 0.297 e. The number of carbonyl (C=O) groups is 1. The van der Waals surface area contributed by atoms with E-state index < -0.39 is 0 Å². The third-order valence-corrected chi connectivity index (χ3v) is 10.1. The zero-order valence-corrected chi connectivity index (χ0v) is 19.4. The molecule has 4 saturated carbocycles. The molecule has 4 fully saturated rings. The zero-order chi connectivity index (χ0) is 20.8. The van der Waals surface area contributed by atoms with Crippen molar-refractivity contribution in [3.8, 4) is 0 Å². The Morgan fingerprint density at radius 3 is 2.50 bits per heavy atom. The average Bonchev–Trinajstić information content (AvgIpc) is 3.39. The van der Waals surface area contributed by atoms with Crippen LogP contribution < -0.4 is 0 Å². The number of Topliss-reactive ketones (excluding diaryl/α,β-unsaturated/α-hetero) is 1. The quantitative estimate of drug-likeness (QED) is 0.557. The first kappa shape index (κ1) is 20.8. The lowest BCUT2D eigenvalue weighted by Gasteiger charge is -2.53. The Kier molecular flexibility index (Phi) is 5.84. The van der Waals surface area contributed by atoms with E-state index in [4.69, 9.17) is 0 Å². The molecule has 9 atom stereocenters. The molecule has 166 valence electrons. The van der Waals surface area contributed by atoms with Crippen molar-refractivity contribution < 1.29 is 4.79 Å². The monoisotopic (exact) mass is 410 g/mol. The predicted octanol–water partition coefficient (Wildman–Crippen LogP) is 6.48. The number of hydrogen-bond donors (Lipinski definition) is 0. The molecule has 5 rings (SSSR count). The second-order valence-electron chi connectivity index (χ2n) is 11.6. The Hall–Kier alpha value is -1.12. The molecule has 3 heteroatoms. The molecule has 30 heavy (non-hydrogen) atoms. The number of nitrogens with zero attached hydrogens (tertiary/aromatic N) is 2. The molecule has 0 amide bonds. The summed E-state index contributed by atoms with van der Waals surface area (Å²) in [5, 5.41) is 4.51. The highest BCUT2D eigenvalue weighted by molar-refractivity contribution is 5.81. The molecule has 0 aliphatic heterocycles. The summed E-state index contributed by atoms with van der Waals surface area (Å²) >= 11 is 0. The predicted molar refractivity (Wildman–Crippen MR) is 121 cm³/mol. The first-order valence-corrected chi connectivity index (χ1v) is 13.1. The van der Waals surface area contributed by atoms with Gasteiger partial charge in [-0.25, -0.2) is 0 Å². The van der Waals surface area contributed by atoms with Crippen LogP contribution in [0.1, 0.15) is 96.5 Å². The summed E-state index contributed by atoms with van der Waals surface area (Å²) in [7, 11) is 0. The lowest BCUT2D eigenvalue weighted by atomic mass is 9.52. The van der Waals surface area contributed by atoms with Crippen molar-refractivity contribution in [2.24, 2.45) is 47.3 Å². The molecule has 0 aromatic carbocycles. The first-order valence-electron chi connectivity index (χ1n) is 13.1. The third-order valence-electron chi connectivity index (χ3n) is 10.1. The van der Waals surface area contributed by atoms with Gasteiger partial charge in [-0.3, -0.25) is 9.48 Å². The highest BCUT2D eigenvalue weighted by atomic mass is 16.1. The van der Waals surface area contributed by atoms with Crippen molar-refractivity contribution in [1.29, 1.82) is 0 Å². The van der Waals surface area contributed by atoms with Gasteiger partial charge >= 0.3 is 0 Å². The van der Waals surface area contributed by atoms with E-state index in [-0.39, 0.29) is 0 Å². The molecular weight excluding hydrogens is 368 g/mol. The van der Waals surface area contributed by atoms with E-state index >= 15 is 0 Å². The van der Waals surface area contributed by atoms with Crippen LogP contribution in [0.2, 0.25) is 0 Å². The number of fused-ring (bicyclic) bond motifs is 5. The van der Waals surface area contributed by atoms with Crippen LogP contribution in [0.15, 0.2) is 12.4 Å². The van der Waals surface area contributed by atoms with Crippen molar-refractivity contribution in [2.45, 2.75) is 97.4 Å². The molecule has 4 aliphatic rings. The van der Waals surface area contributed by atoms with Crippen molar-refractivity contribution >= 4 is 5.78 Å². The van der Waals surface area contributed by atoms with Crippen LogP contribution in [-0.2, 0) is 11.3 Å². The lowest BCUT2D eigenvalue weighted by Crippen LogP contribution is -2.45. The molecule has 0 saturated heterocycles. The van der Waals surface area contributed by atoms with E-state index in [2.05, 4.69) is 32.1 Å². The minimum Gasteiger partial charge on any atom is -0.297 e. The van der Waals surface area contributed by atoms with E-state index in [1.165, 1.54) is 56.9 Å². The molecule has 1 aromatic rings. The smallest absolute Gasteiger partial charge is 0.157 e. The fraction of sp³-hybridized carbons (Fsp3) is 0.852. The van der Waals surface area contributed by atoms with Crippen molar-refractivity contribution in [3.05, 3.63) is 18.0 Å². The van der Waals surface area contributed by atoms with Gasteiger partial charge in [0.1, 0.15) is 0 Å². The van der Waals surface area contributed by atoms with Gasteiger partial charge in [0.15, 0.2) is 5.78 Å². The van der Waals surface area contributed by atoms with Crippen molar-refractivity contribution in [2.75, 3.05) is 0 Å². The minimum atomic E-state index is 0.302. The molecular formula is C27H42N2O. The van der Waals surface area contributed by atoms with E-state index in [1.54, 1.807) is 0 Å². The van der Waals surface area contributed by atoms with Gasteiger partial charge in [-0.05, 0) is 111 Å². The van der Waals surface area contributed by atoms with Gasteiger partial charge < -0.3 is 0 Å². The normalized spacial score (nSPS) is 41.6.